The molecule has 0 atom stereocenters. The van der Waals surface area contributed by atoms with E-state index < -0.39 is 23.1 Å². The Balaban J connectivity index is 2.74. The molecule has 0 fully saturated rings. The summed E-state index contributed by atoms with van der Waals surface area (Å²) in [6, 6.07) is 3.09. The van der Waals surface area contributed by atoms with Gasteiger partial charge in [0.15, 0.2) is 10.6 Å². The second-order valence-corrected chi connectivity index (χ2v) is 5.91. The predicted molar refractivity (Wildman–Crippen MR) is 72.8 cm³/mol. The number of benzene rings is 1. The van der Waals surface area contributed by atoms with E-state index in [1.54, 1.807) is 20.8 Å². The van der Waals surface area contributed by atoms with Crippen LogP contribution in [0.1, 0.15) is 26.3 Å². The minimum absolute atomic E-state index is 0.0381. The van der Waals surface area contributed by atoms with Gasteiger partial charge < -0.3 is 0 Å². The van der Waals surface area contributed by atoms with Crippen LogP contribution in [-0.2, 0) is 11.7 Å². The lowest BCUT2D eigenvalue weighted by atomic mass is 10.1. The van der Waals surface area contributed by atoms with Crippen LogP contribution >= 0.6 is 12.2 Å². The van der Waals surface area contributed by atoms with Crippen molar-refractivity contribution >= 4 is 12.2 Å². The summed E-state index contributed by atoms with van der Waals surface area (Å²) in [4.78, 5) is 0. The van der Waals surface area contributed by atoms with Crippen molar-refractivity contribution in [3.05, 3.63) is 34.4 Å². The lowest BCUT2D eigenvalue weighted by Crippen LogP contribution is -2.23. The van der Waals surface area contributed by atoms with E-state index in [1.807, 2.05) is 0 Å². The van der Waals surface area contributed by atoms with Gasteiger partial charge in [0.1, 0.15) is 5.82 Å². The first kappa shape index (κ1) is 15.7. The van der Waals surface area contributed by atoms with Gasteiger partial charge in [-0.25, -0.2) is 4.39 Å². The molecule has 21 heavy (non-hydrogen) atoms. The summed E-state index contributed by atoms with van der Waals surface area (Å²) in [5.41, 5.74) is -2.12. The Bertz CT molecular complexity index is 722. The third-order valence-corrected chi connectivity index (χ3v) is 3.16. The van der Waals surface area contributed by atoms with Gasteiger partial charge in [0.2, 0.25) is 0 Å². The van der Waals surface area contributed by atoms with Crippen molar-refractivity contribution in [3.63, 3.8) is 0 Å². The number of aromatic amines is 1. The minimum atomic E-state index is -4.76. The first-order valence-corrected chi connectivity index (χ1v) is 6.48. The van der Waals surface area contributed by atoms with Gasteiger partial charge in [-0.2, -0.15) is 18.3 Å². The van der Waals surface area contributed by atoms with Crippen molar-refractivity contribution in [2.24, 2.45) is 0 Å². The van der Waals surface area contributed by atoms with Gasteiger partial charge in [0.25, 0.3) is 0 Å². The van der Waals surface area contributed by atoms with Gasteiger partial charge in [-0.3, -0.25) is 9.67 Å². The van der Waals surface area contributed by atoms with Gasteiger partial charge in [0.05, 0.1) is 11.1 Å². The smallest absolute Gasteiger partial charge is 0.295 e. The molecule has 0 aliphatic carbocycles. The van der Waals surface area contributed by atoms with Gasteiger partial charge in [-0.15, -0.1) is 0 Å². The van der Waals surface area contributed by atoms with Crippen molar-refractivity contribution in [2.45, 2.75) is 32.5 Å². The number of rotatable bonds is 1. The number of H-pyrrole nitrogens is 1. The third kappa shape index (κ3) is 2.85. The molecule has 0 unspecified atom stereocenters. The molecular formula is C13H13F4N3S. The largest absolute Gasteiger partial charge is 0.419 e. The summed E-state index contributed by atoms with van der Waals surface area (Å²) in [6.45, 7) is 5.40. The first-order valence-electron chi connectivity index (χ1n) is 6.07. The molecular weight excluding hydrogens is 306 g/mol. The molecule has 8 heteroatoms. The summed E-state index contributed by atoms with van der Waals surface area (Å²) in [7, 11) is 0. The zero-order chi connectivity index (χ0) is 16.0. The fraction of sp³-hybridized carbons (Fsp3) is 0.385. The molecule has 0 aliphatic rings. The molecule has 0 aliphatic heterocycles. The number of aromatic nitrogens is 3. The number of hydrogen-bond donors (Lipinski definition) is 1. The monoisotopic (exact) mass is 319 g/mol. The number of halogens is 4. The van der Waals surface area contributed by atoms with Gasteiger partial charge in [0, 0.05) is 5.54 Å². The summed E-state index contributed by atoms with van der Waals surface area (Å²) in [5, 5.41) is 6.37. The maximum Gasteiger partial charge on any atom is 0.419 e. The minimum Gasteiger partial charge on any atom is -0.295 e. The lowest BCUT2D eigenvalue weighted by Gasteiger charge is -2.23. The highest BCUT2D eigenvalue weighted by atomic mass is 32.1. The highest BCUT2D eigenvalue weighted by Crippen LogP contribution is 2.35. The Labute approximate surface area is 123 Å². The van der Waals surface area contributed by atoms with Gasteiger partial charge in [-0.1, -0.05) is 6.07 Å². The molecule has 0 spiro atoms. The first-order chi connectivity index (χ1) is 9.53. The molecule has 2 rings (SSSR count). The van der Waals surface area contributed by atoms with E-state index in [0.717, 1.165) is 6.07 Å². The van der Waals surface area contributed by atoms with Crippen molar-refractivity contribution in [2.75, 3.05) is 0 Å². The third-order valence-electron chi connectivity index (χ3n) is 2.89. The highest BCUT2D eigenvalue weighted by Gasteiger charge is 2.36. The molecule has 1 heterocycles. The maximum atomic E-state index is 14.2. The van der Waals surface area contributed by atoms with E-state index in [2.05, 4.69) is 10.2 Å². The molecule has 0 amide bonds. The Morgan fingerprint density at radius 3 is 2.33 bits per heavy atom. The molecule has 1 N–H and O–H groups in total. The van der Waals surface area contributed by atoms with Crippen LogP contribution in [0.5, 0.6) is 0 Å². The summed E-state index contributed by atoms with van der Waals surface area (Å²) >= 11 is 5.07. The van der Waals surface area contributed by atoms with Crippen molar-refractivity contribution in [1.29, 1.82) is 0 Å². The van der Waals surface area contributed by atoms with Crippen molar-refractivity contribution in [3.8, 4) is 11.4 Å². The molecule has 0 bridgehead atoms. The van der Waals surface area contributed by atoms with Gasteiger partial charge >= 0.3 is 6.18 Å². The normalized spacial score (nSPS) is 12.7. The molecule has 2 aromatic rings. The molecule has 114 valence electrons. The Morgan fingerprint density at radius 1 is 1.19 bits per heavy atom. The number of nitrogens with one attached hydrogen (secondary N) is 1. The summed E-state index contributed by atoms with van der Waals surface area (Å²) in [6.07, 6.45) is -4.76. The quantitative estimate of drug-likeness (QED) is 0.619. The van der Waals surface area contributed by atoms with Crippen molar-refractivity contribution in [1.82, 2.24) is 14.8 Å². The fourth-order valence-electron chi connectivity index (χ4n) is 2.02. The van der Waals surface area contributed by atoms with E-state index in [4.69, 9.17) is 12.2 Å². The van der Waals surface area contributed by atoms with Crippen LogP contribution in [0.25, 0.3) is 11.4 Å². The second kappa shape index (κ2) is 4.94. The van der Waals surface area contributed by atoms with Crippen LogP contribution in [0.2, 0.25) is 0 Å². The SMILES string of the molecule is CC(C)(C)n1c(-c2cccc(C(F)(F)F)c2F)n[nH]c1=S. The van der Waals surface area contributed by atoms with Crippen LogP contribution in [0, 0.1) is 10.6 Å². The molecule has 0 saturated carbocycles. The molecule has 1 aromatic heterocycles. The van der Waals surface area contributed by atoms with E-state index in [-0.39, 0.29) is 16.2 Å². The lowest BCUT2D eigenvalue weighted by molar-refractivity contribution is -0.139. The summed E-state index contributed by atoms with van der Waals surface area (Å²) in [5.74, 6) is -1.32. The van der Waals surface area contributed by atoms with E-state index in [9.17, 15) is 17.6 Å². The second-order valence-electron chi connectivity index (χ2n) is 5.52. The Morgan fingerprint density at radius 2 is 1.81 bits per heavy atom. The average Bonchev–Trinajstić information content (AvgIpc) is 2.69. The van der Waals surface area contributed by atoms with Crippen LogP contribution in [0.15, 0.2) is 18.2 Å². The fourth-order valence-corrected chi connectivity index (χ4v) is 2.43. The summed E-state index contributed by atoms with van der Waals surface area (Å²) < 4.78 is 54.3. The average molecular weight is 319 g/mol. The van der Waals surface area contributed by atoms with Crippen LogP contribution in [0.3, 0.4) is 0 Å². The molecule has 0 saturated heterocycles. The van der Waals surface area contributed by atoms with Crippen LogP contribution in [0.4, 0.5) is 17.6 Å². The maximum absolute atomic E-state index is 14.2. The number of nitrogens with zero attached hydrogens (tertiary/aromatic N) is 2. The van der Waals surface area contributed by atoms with Crippen LogP contribution < -0.4 is 0 Å². The van der Waals surface area contributed by atoms with Gasteiger partial charge in [-0.05, 0) is 45.1 Å². The van der Waals surface area contributed by atoms with E-state index in [0.29, 0.717) is 6.07 Å². The Hall–Kier alpha value is -1.70. The van der Waals surface area contributed by atoms with E-state index >= 15 is 0 Å². The molecule has 1 aromatic carbocycles. The van der Waals surface area contributed by atoms with Crippen molar-refractivity contribution < 1.29 is 17.6 Å². The van der Waals surface area contributed by atoms with Crippen LogP contribution in [-0.4, -0.2) is 14.8 Å². The number of alkyl halides is 3. The Kier molecular flexibility index (Phi) is 3.69. The zero-order valence-corrected chi connectivity index (χ0v) is 12.4. The molecule has 0 radical (unpaired) electrons. The highest BCUT2D eigenvalue weighted by molar-refractivity contribution is 7.71. The topological polar surface area (TPSA) is 33.6 Å². The molecule has 3 nitrogen and oxygen atoms in total. The standard InChI is InChI=1S/C13H13F4N3S/c1-12(2,3)20-10(18-19-11(20)21)7-5-4-6-8(9(7)14)13(15,16)17/h4-6H,1-3H3,(H,19,21). The number of hydrogen-bond acceptors (Lipinski definition) is 2. The predicted octanol–water partition coefficient (Wildman–Crippen LogP) is 4.52. The van der Waals surface area contributed by atoms with E-state index in [1.165, 1.54) is 10.6 Å². The zero-order valence-electron chi connectivity index (χ0n) is 11.5.